The number of hydrogen-bond donors (Lipinski definition) is 0. The second-order valence-corrected chi connectivity index (χ2v) is 4.17. The van der Waals surface area contributed by atoms with Crippen molar-refractivity contribution in [3.63, 3.8) is 0 Å². The van der Waals surface area contributed by atoms with Crippen molar-refractivity contribution in [2.75, 3.05) is 0 Å². The van der Waals surface area contributed by atoms with Gasteiger partial charge < -0.3 is 0 Å². The summed E-state index contributed by atoms with van der Waals surface area (Å²) in [6, 6.07) is 0. The zero-order valence-corrected chi connectivity index (χ0v) is 9.47. The Hall–Kier alpha value is -0.680. The molecule has 5 heteroatoms. The van der Waals surface area contributed by atoms with Crippen LogP contribution in [0.3, 0.4) is 0 Å². The average molecular weight is 258 g/mol. The summed E-state index contributed by atoms with van der Waals surface area (Å²) in [5.41, 5.74) is 0. The van der Waals surface area contributed by atoms with E-state index in [4.69, 9.17) is 0 Å². The smallest absolute Gasteiger partial charge is 0.196 e. The number of halogens is 1. The molecule has 0 aromatic carbocycles. The molecule has 0 atom stereocenters. The van der Waals surface area contributed by atoms with Crippen LogP contribution in [0, 0.1) is 0 Å². The summed E-state index contributed by atoms with van der Waals surface area (Å²) in [6.07, 6.45) is 4.66. The molecule has 0 aliphatic rings. The summed E-state index contributed by atoms with van der Waals surface area (Å²) in [5.74, 6) is 1.04. The lowest BCUT2D eigenvalue weighted by atomic mass is 10.5. The number of nitrogens with zero attached hydrogens (tertiary/aromatic N) is 3. The Labute approximate surface area is 88.6 Å². The molecule has 2 aromatic rings. The van der Waals surface area contributed by atoms with Gasteiger partial charge in [0.05, 0.1) is 0 Å². The molecule has 0 N–H and O–H groups in total. The average Bonchev–Trinajstić information content (AvgIpc) is 2.71. The largest absolute Gasteiger partial charge is 0.279 e. The van der Waals surface area contributed by atoms with E-state index in [2.05, 4.69) is 32.8 Å². The monoisotopic (exact) mass is 257 g/mol. The summed E-state index contributed by atoms with van der Waals surface area (Å²) >= 11 is 4.93. The maximum absolute atomic E-state index is 4.32. The summed E-state index contributed by atoms with van der Waals surface area (Å²) in [4.78, 5) is 8.55. The third-order valence-electron chi connectivity index (χ3n) is 1.70. The molecule has 68 valence electrons. The fourth-order valence-electron chi connectivity index (χ4n) is 1.13. The van der Waals surface area contributed by atoms with Gasteiger partial charge in [-0.05, 0) is 15.9 Å². The van der Waals surface area contributed by atoms with E-state index < -0.39 is 0 Å². The third kappa shape index (κ3) is 1.66. The molecular formula is C8H8BrN3S. The number of thiazole rings is 1. The molecule has 3 nitrogen and oxygen atoms in total. The normalized spacial score (nSPS) is 10.6. The van der Waals surface area contributed by atoms with Crippen molar-refractivity contribution in [1.29, 1.82) is 0 Å². The van der Waals surface area contributed by atoms with E-state index in [0.717, 1.165) is 22.0 Å². The number of aryl methyl sites for hydroxylation is 1. The molecule has 2 aromatic heterocycles. The van der Waals surface area contributed by atoms with Gasteiger partial charge in [-0.15, -0.1) is 11.3 Å². The van der Waals surface area contributed by atoms with Gasteiger partial charge in [-0.1, -0.05) is 6.92 Å². The van der Waals surface area contributed by atoms with Crippen molar-refractivity contribution < 1.29 is 0 Å². The highest BCUT2D eigenvalue weighted by Crippen LogP contribution is 2.19. The summed E-state index contributed by atoms with van der Waals surface area (Å²) in [6.45, 7) is 2.08. The zero-order chi connectivity index (χ0) is 9.26. The van der Waals surface area contributed by atoms with Crippen molar-refractivity contribution in [3.05, 3.63) is 28.2 Å². The fourth-order valence-corrected chi connectivity index (χ4v) is 2.38. The van der Waals surface area contributed by atoms with Crippen LogP contribution >= 0.6 is 27.3 Å². The van der Waals surface area contributed by atoms with Gasteiger partial charge in [0.2, 0.25) is 0 Å². The third-order valence-corrected chi connectivity index (χ3v) is 3.25. The molecule has 0 bridgehead atoms. The minimum atomic E-state index is 0.878. The number of hydrogen-bond acceptors (Lipinski definition) is 3. The van der Waals surface area contributed by atoms with Gasteiger partial charge in [0.15, 0.2) is 5.13 Å². The Morgan fingerprint density at radius 3 is 3.08 bits per heavy atom. The van der Waals surface area contributed by atoms with Gasteiger partial charge >= 0.3 is 0 Å². The predicted octanol–water partition coefficient (Wildman–Crippen LogP) is 2.65. The highest BCUT2D eigenvalue weighted by Gasteiger charge is 2.05. The summed E-state index contributed by atoms with van der Waals surface area (Å²) < 4.78 is 2.89. The second-order valence-electron chi connectivity index (χ2n) is 2.52. The maximum atomic E-state index is 4.32. The van der Waals surface area contributed by atoms with E-state index in [1.54, 1.807) is 17.5 Å². The van der Waals surface area contributed by atoms with Crippen LogP contribution in [0.15, 0.2) is 22.4 Å². The van der Waals surface area contributed by atoms with Gasteiger partial charge in [0.1, 0.15) is 10.4 Å². The molecule has 2 rings (SSSR count). The maximum Gasteiger partial charge on any atom is 0.196 e. The van der Waals surface area contributed by atoms with Crippen LogP contribution in [0.5, 0.6) is 0 Å². The van der Waals surface area contributed by atoms with Crippen molar-refractivity contribution in [1.82, 2.24) is 14.5 Å². The minimum absolute atomic E-state index is 0.878. The Bertz CT molecular complexity index is 407. The molecule has 0 saturated carbocycles. The topological polar surface area (TPSA) is 30.7 Å². The molecule has 0 saturated heterocycles. The molecule has 0 amide bonds. The van der Waals surface area contributed by atoms with Crippen LogP contribution in [0.1, 0.15) is 12.7 Å². The Morgan fingerprint density at radius 2 is 2.46 bits per heavy atom. The van der Waals surface area contributed by atoms with Crippen molar-refractivity contribution >= 4 is 27.3 Å². The van der Waals surface area contributed by atoms with Crippen LogP contribution < -0.4 is 0 Å². The molecule has 0 aliphatic carbocycles. The molecule has 0 spiro atoms. The molecule has 2 heterocycles. The molecule has 0 aliphatic heterocycles. The lowest BCUT2D eigenvalue weighted by Gasteiger charge is -1.99. The Balaban J connectivity index is 2.45. The van der Waals surface area contributed by atoms with Gasteiger partial charge in [0.25, 0.3) is 0 Å². The van der Waals surface area contributed by atoms with Crippen molar-refractivity contribution in [2.45, 2.75) is 13.3 Å². The molecule has 0 fully saturated rings. The highest BCUT2D eigenvalue weighted by molar-refractivity contribution is 9.10. The lowest BCUT2D eigenvalue weighted by molar-refractivity contribution is 0.882. The number of rotatable bonds is 2. The molecular weight excluding hydrogens is 250 g/mol. The Kier molecular flexibility index (Phi) is 2.46. The number of imidazole rings is 1. The van der Waals surface area contributed by atoms with E-state index in [1.165, 1.54) is 0 Å². The molecule has 0 radical (unpaired) electrons. The van der Waals surface area contributed by atoms with Crippen LogP contribution in [0.25, 0.3) is 5.13 Å². The first-order valence-corrected chi connectivity index (χ1v) is 5.62. The van der Waals surface area contributed by atoms with Crippen LogP contribution in [-0.2, 0) is 6.42 Å². The van der Waals surface area contributed by atoms with E-state index >= 15 is 0 Å². The highest BCUT2D eigenvalue weighted by atomic mass is 79.9. The van der Waals surface area contributed by atoms with E-state index in [1.807, 2.05) is 16.1 Å². The van der Waals surface area contributed by atoms with E-state index in [-0.39, 0.29) is 0 Å². The van der Waals surface area contributed by atoms with E-state index in [0.29, 0.717) is 0 Å². The number of aromatic nitrogens is 3. The van der Waals surface area contributed by atoms with Gasteiger partial charge in [0, 0.05) is 24.2 Å². The van der Waals surface area contributed by atoms with Crippen LogP contribution in [0.2, 0.25) is 0 Å². The van der Waals surface area contributed by atoms with Gasteiger partial charge in [-0.2, -0.15) is 0 Å². The Morgan fingerprint density at radius 1 is 1.62 bits per heavy atom. The lowest BCUT2D eigenvalue weighted by Crippen LogP contribution is -1.97. The van der Waals surface area contributed by atoms with Crippen LogP contribution in [-0.4, -0.2) is 14.5 Å². The molecule has 0 unspecified atom stereocenters. The fraction of sp³-hybridized carbons (Fsp3) is 0.250. The van der Waals surface area contributed by atoms with Crippen molar-refractivity contribution in [2.24, 2.45) is 0 Å². The first-order chi connectivity index (χ1) is 6.31. The van der Waals surface area contributed by atoms with Crippen LogP contribution in [0.4, 0.5) is 0 Å². The summed E-state index contributed by atoms with van der Waals surface area (Å²) in [7, 11) is 0. The van der Waals surface area contributed by atoms with E-state index in [9.17, 15) is 0 Å². The minimum Gasteiger partial charge on any atom is -0.279 e. The molecule has 13 heavy (non-hydrogen) atoms. The first kappa shape index (κ1) is 8.90. The van der Waals surface area contributed by atoms with Crippen molar-refractivity contribution in [3.8, 4) is 5.13 Å². The standard InChI is InChI=1S/C8H8BrN3S/c1-2-7-10-3-4-12(7)8-11-6(9)5-13-8/h3-5H,2H2,1H3. The predicted molar refractivity (Wildman–Crippen MR) is 56.3 cm³/mol. The second kappa shape index (κ2) is 3.59. The summed E-state index contributed by atoms with van der Waals surface area (Å²) in [5, 5.41) is 2.93. The zero-order valence-electron chi connectivity index (χ0n) is 7.07. The quantitative estimate of drug-likeness (QED) is 0.829. The van der Waals surface area contributed by atoms with Gasteiger partial charge in [-0.25, -0.2) is 9.97 Å². The van der Waals surface area contributed by atoms with Gasteiger partial charge in [-0.3, -0.25) is 4.57 Å². The SMILES string of the molecule is CCc1nccn1-c1nc(Br)cs1. The first-order valence-electron chi connectivity index (χ1n) is 3.95.